The van der Waals surface area contributed by atoms with Gasteiger partial charge in [-0.05, 0) is 19.3 Å². The molecule has 0 aliphatic rings. The quantitative estimate of drug-likeness (QED) is 0.0438. The molecule has 49 heavy (non-hydrogen) atoms. The standard InChI is InChI=1S/C34H59N3O12/c1-37(31(41)18-16-23-38)49-33(44)27-48-26-25-47-24-22-35-29(39)21-20-28(34(45)46)36-30(40)17-14-12-10-8-6-4-2-3-5-7-9-11-13-15-19-32(42)43/h23,28H,2-22,24-27H2,1H3,(H,35,39)(H,36,40)(H,42,43)(H,45,46). The fraction of sp³-hybridized carbons (Fsp3) is 0.794. The molecule has 1 atom stereocenters. The molecule has 0 bridgehead atoms. The van der Waals surface area contributed by atoms with Crippen molar-refractivity contribution in [3.63, 3.8) is 0 Å². The van der Waals surface area contributed by atoms with Gasteiger partial charge in [0.15, 0.2) is 0 Å². The highest BCUT2D eigenvalue weighted by molar-refractivity contribution is 5.84. The minimum absolute atomic E-state index is 0.0307. The molecule has 15 nitrogen and oxygen atoms in total. The number of carbonyl (C=O) groups is 7. The summed E-state index contributed by atoms with van der Waals surface area (Å²) in [5, 5.41) is 23.9. The number of nitrogens with one attached hydrogen (secondary N) is 2. The van der Waals surface area contributed by atoms with Crippen LogP contribution in [0.25, 0.3) is 0 Å². The molecular formula is C34H59N3O12. The molecule has 0 rings (SSSR count). The fourth-order valence-electron chi connectivity index (χ4n) is 4.78. The summed E-state index contributed by atoms with van der Waals surface area (Å²) in [6, 6.07) is -1.15. The lowest BCUT2D eigenvalue weighted by molar-refractivity contribution is -0.196. The number of nitrogens with zero attached hydrogens (tertiary/aromatic N) is 1. The summed E-state index contributed by atoms with van der Waals surface area (Å²) in [5.74, 6) is -3.93. The van der Waals surface area contributed by atoms with E-state index in [1.807, 2.05) is 0 Å². The van der Waals surface area contributed by atoms with Gasteiger partial charge in [0.25, 0.3) is 5.91 Å². The van der Waals surface area contributed by atoms with Crippen LogP contribution in [0, 0.1) is 0 Å². The highest BCUT2D eigenvalue weighted by Gasteiger charge is 2.21. The van der Waals surface area contributed by atoms with Crippen LogP contribution in [0.4, 0.5) is 0 Å². The van der Waals surface area contributed by atoms with Gasteiger partial charge in [-0.25, -0.2) is 9.59 Å². The number of carbonyl (C=O) groups excluding carboxylic acids is 5. The van der Waals surface area contributed by atoms with E-state index < -0.39 is 36.5 Å². The maximum absolute atomic E-state index is 12.3. The molecule has 3 amide bonds. The summed E-state index contributed by atoms with van der Waals surface area (Å²) in [6.45, 7) is 0.126. The Labute approximate surface area is 290 Å². The van der Waals surface area contributed by atoms with E-state index in [2.05, 4.69) is 10.6 Å². The van der Waals surface area contributed by atoms with E-state index in [9.17, 15) is 38.7 Å². The van der Waals surface area contributed by atoms with Gasteiger partial charge in [0.1, 0.15) is 18.9 Å². The highest BCUT2D eigenvalue weighted by Crippen LogP contribution is 2.14. The number of rotatable bonds is 33. The molecule has 0 saturated carbocycles. The minimum Gasteiger partial charge on any atom is -0.481 e. The van der Waals surface area contributed by atoms with Crippen LogP contribution in [0.15, 0.2) is 0 Å². The van der Waals surface area contributed by atoms with E-state index in [0.29, 0.717) is 12.7 Å². The summed E-state index contributed by atoms with van der Waals surface area (Å²) in [4.78, 5) is 84.7. The van der Waals surface area contributed by atoms with Crippen molar-refractivity contribution in [2.75, 3.05) is 40.0 Å². The fourth-order valence-corrected chi connectivity index (χ4v) is 4.78. The Bertz CT molecular complexity index is 963. The Hall–Kier alpha value is -3.59. The molecule has 282 valence electrons. The summed E-state index contributed by atoms with van der Waals surface area (Å²) < 4.78 is 10.4. The first-order valence-electron chi connectivity index (χ1n) is 17.6. The van der Waals surface area contributed by atoms with Crippen molar-refractivity contribution in [2.45, 2.75) is 134 Å². The van der Waals surface area contributed by atoms with E-state index in [1.165, 1.54) is 52.0 Å². The predicted octanol–water partition coefficient (Wildman–Crippen LogP) is 3.71. The predicted molar refractivity (Wildman–Crippen MR) is 179 cm³/mol. The van der Waals surface area contributed by atoms with Crippen molar-refractivity contribution in [3.05, 3.63) is 0 Å². The Morgan fingerprint density at radius 1 is 0.673 bits per heavy atom. The van der Waals surface area contributed by atoms with Crippen molar-refractivity contribution < 1.29 is 58.1 Å². The second-order valence-corrected chi connectivity index (χ2v) is 11.9. The number of hydroxylamine groups is 2. The topological polar surface area (TPSA) is 215 Å². The Morgan fingerprint density at radius 3 is 1.73 bits per heavy atom. The number of amides is 3. The van der Waals surface area contributed by atoms with E-state index in [4.69, 9.17) is 19.4 Å². The van der Waals surface area contributed by atoms with Crippen LogP contribution in [-0.2, 0) is 47.9 Å². The third kappa shape index (κ3) is 30.2. The van der Waals surface area contributed by atoms with Gasteiger partial charge in [-0.3, -0.25) is 19.2 Å². The molecule has 0 aromatic heterocycles. The van der Waals surface area contributed by atoms with Gasteiger partial charge in [0.2, 0.25) is 11.8 Å². The van der Waals surface area contributed by atoms with Gasteiger partial charge in [0.05, 0.1) is 19.8 Å². The lowest BCUT2D eigenvalue weighted by atomic mass is 10.0. The zero-order chi connectivity index (χ0) is 36.5. The Kier molecular flexibility index (Phi) is 29.3. The van der Waals surface area contributed by atoms with Gasteiger partial charge < -0.3 is 40.0 Å². The van der Waals surface area contributed by atoms with Gasteiger partial charge in [-0.1, -0.05) is 77.0 Å². The molecule has 4 N–H and O–H groups in total. The third-order valence-electron chi connectivity index (χ3n) is 7.56. The van der Waals surface area contributed by atoms with Crippen molar-refractivity contribution in [2.24, 2.45) is 0 Å². The molecule has 0 aromatic carbocycles. The van der Waals surface area contributed by atoms with Gasteiger partial charge >= 0.3 is 17.9 Å². The number of hydrogen-bond donors (Lipinski definition) is 4. The normalized spacial score (nSPS) is 11.4. The van der Waals surface area contributed by atoms with Crippen LogP contribution in [-0.4, -0.2) is 103 Å². The van der Waals surface area contributed by atoms with Crippen molar-refractivity contribution >= 4 is 41.9 Å². The molecule has 0 saturated heterocycles. The highest BCUT2D eigenvalue weighted by atomic mass is 16.7. The maximum atomic E-state index is 12.3. The van der Waals surface area contributed by atoms with Gasteiger partial charge in [-0.15, -0.1) is 0 Å². The summed E-state index contributed by atoms with van der Waals surface area (Å²) in [6.07, 6.45) is 16.0. The molecule has 0 aliphatic heterocycles. The van der Waals surface area contributed by atoms with Crippen LogP contribution in [0.5, 0.6) is 0 Å². The first-order chi connectivity index (χ1) is 23.6. The number of hydrogen-bond acceptors (Lipinski definition) is 10. The summed E-state index contributed by atoms with van der Waals surface area (Å²) in [7, 11) is 1.26. The second kappa shape index (κ2) is 31.7. The zero-order valence-electron chi connectivity index (χ0n) is 29.3. The van der Waals surface area contributed by atoms with Crippen LogP contribution in [0.2, 0.25) is 0 Å². The van der Waals surface area contributed by atoms with Crippen molar-refractivity contribution in [1.82, 2.24) is 15.7 Å². The lowest BCUT2D eigenvalue weighted by Gasteiger charge is -2.15. The molecule has 0 aliphatic carbocycles. The number of ether oxygens (including phenoxy) is 2. The number of unbranched alkanes of at least 4 members (excludes halogenated alkanes) is 13. The average molecular weight is 702 g/mol. The van der Waals surface area contributed by atoms with E-state index >= 15 is 0 Å². The molecular weight excluding hydrogens is 642 g/mol. The number of aldehydes is 1. The van der Waals surface area contributed by atoms with E-state index in [1.54, 1.807) is 0 Å². The molecule has 15 heteroatoms. The smallest absolute Gasteiger partial charge is 0.357 e. The van der Waals surface area contributed by atoms with Crippen molar-refractivity contribution in [1.29, 1.82) is 0 Å². The summed E-state index contributed by atoms with van der Waals surface area (Å²) >= 11 is 0. The first-order valence-corrected chi connectivity index (χ1v) is 17.6. The zero-order valence-corrected chi connectivity index (χ0v) is 29.3. The molecule has 1 unspecified atom stereocenters. The van der Waals surface area contributed by atoms with Crippen LogP contribution in [0.1, 0.15) is 128 Å². The molecule has 0 aromatic rings. The van der Waals surface area contributed by atoms with Gasteiger partial charge in [0, 0.05) is 45.7 Å². The molecule has 0 spiro atoms. The van der Waals surface area contributed by atoms with Crippen LogP contribution < -0.4 is 10.6 Å². The van der Waals surface area contributed by atoms with Crippen LogP contribution in [0.3, 0.4) is 0 Å². The maximum Gasteiger partial charge on any atom is 0.357 e. The lowest BCUT2D eigenvalue weighted by Crippen LogP contribution is -2.41. The molecule has 0 heterocycles. The molecule has 0 fully saturated rings. The number of carboxylic acids is 2. The molecule has 0 radical (unpaired) electrons. The van der Waals surface area contributed by atoms with Gasteiger partial charge in [-0.2, -0.15) is 5.06 Å². The second-order valence-electron chi connectivity index (χ2n) is 11.9. The first kappa shape index (κ1) is 45.4. The minimum atomic E-state index is -1.19. The van der Waals surface area contributed by atoms with Crippen molar-refractivity contribution in [3.8, 4) is 0 Å². The van der Waals surface area contributed by atoms with E-state index in [0.717, 1.165) is 43.6 Å². The monoisotopic (exact) mass is 701 g/mol. The summed E-state index contributed by atoms with van der Waals surface area (Å²) in [5.41, 5.74) is 0. The SMILES string of the molecule is CN(OC(=O)COCCOCCNC(=O)CCC(NC(=O)CCCCCCCCCCCCCCCCC(=O)O)C(=O)O)C(=O)CCC=O. The number of aliphatic carboxylic acids is 2. The largest absolute Gasteiger partial charge is 0.481 e. The number of carboxylic acid groups (broad SMARTS) is 2. The Morgan fingerprint density at radius 2 is 1.20 bits per heavy atom. The van der Waals surface area contributed by atoms with Crippen LogP contribution >= 0.6 is 0 Å². The average Bonchev–Trinajstić information content (AvgIpc) is 3.06. The third-order valence-corrected chi connectivity index (χ3v) is 7.56. The van der Waals surface area contributed by atoms with E-state index in [-0.39, 0.29) is 76.7 Å². The Balaban J connectivity index is 3.76.